The molecule has 21 heavy (non-hydrogen) atoms. The molecule has 0 aromatic heterocycles. The van der Waals surface area contributed by atoms with Crippen LogP contribution in [0, 0.1) is 6.92 Å². The molecule has 112 valence electrons. The first kappa shape index (κ1) is 16.8. The lowest BCUT2D eigenvalue weighted by atomic mass is 10.2. The van der Waals surface area contributed by atoms with Crippen molar-refractivity contribution in [2.75, 3.05) is 0 Å². The van der Waals surface area contributed by atoms with E-state index in [-0.39, 0.29) is 10.5 Å². The van der Waals surface area contributed by atoms with Crippen LogP contribution in [-0.2, 0) is 10.1 Å². The van der Waals surface area contributed by atoms with Gasteiger partial charge in [0.2, 0.25) is 0 Å². The highest BCUT2D eigenvalue weighted by Crippen LogP contribution is 2.08. The molecule has 0 aliphatic carbocycles. The Morgan fingerprint density at radius 1 is 1.10 bits per heavy atom. The van der Waals surface area contributed by atoms with Crippen molar-refractivity contribution in [3.63, 3.8) is 0 Å². The molecule has 2 aromatic rings. The second-order valence-corrected chi connectivity index (χ2v) is 5.61. The number of hydrogen-bond acceptors (Lipinski definition) is 4. The standard InChI is InChI=1S/C7H7NO2.C7H8O3S/c8-6-4-2-1-3-5(6)7(9)10;1-6-2-4-7(5-3-6)11(8,9)10/h1-4H,8H2,(H,9,10);2-5H,1H3,(H,8,9,10). The molecule has 2 rings (SSSR count). The maximum Gasteiger partial charge on any atom is 0.341 e. The van der Waals surface area contributed by atoms with Gasteiger partial charge in [-0.15, -0.1) is 0 Å². The van der Waals surface area contributed by atoms with Crippen molar-refractivity contribution in [3.05, 3.63) is 59.7 Å². The van der Waals surface area contributed by atoms with Crippen LogP contribution in [0.4, 0.5) is 5.69 Å². The van der Waals surface area contributed by atoms with Crippen molar-refractivity contribution < 1.29 is 28.6 Å². The van der Waals surface area contributed by atoms with Gasteiger partial charge in [0.15, 0.2) is 0 Å². The Hall–Kier alpha value is -2.22. The quantitative estimate of drug-likeness (QED) is 0.806. The van der Waals surface area contributed by atoms with Gasteiger partial charge in [0.05, 0.1) is 4.90 Å². The Morgan fingerprint density at radius 2 is 1.62 bits per heavy atom. The van der Waals surface area contributed by atoms with E-state index in [0.717, 1.165) is 5.56 Å². The van der Waals surface area contributed by atoms with E-state index in [0.29, 0.717) is 5.69 Å². The SMILES string of the molecule is Cc1ccc(S(=O)(=O)[O-])cc1.[NH3+]c1ccccc1C(=O)O. The van der Waals surface area contributed by atoms with Crippen LogP contribution in [0.5, 0.6) is 0 Å². The van der Waals surface area contributed by atoms with Crippen LogP contribution >= 0.6 is 0 Å². The third-order valence-electron chi connectivity index (χ3n) is 2.56. The average molecular weight is 309 g/mol. The largest absolute Gasteiger partial charge is 0.744 e. The van der Waals surface area contributed by atoms with Crippen molar-refractivity contribution in [2.45, 2.75) is 11.8 Å². The van der Waals surface area contributed by atoms with Crippen LogP contribution in [0.2, 0.25) is 0 Å². The lowest BCUT2D eigenvalue weighted by molar-refractivity contribution is -0.255. The summed E-state index contributed by atoms with van der Waals surface area (Å²) in [6.45, 7) is 1.82. The van der Waals surface area contributed by atoms with Crippen LogP contribution in [0.25, 0.3) is 0 Å². The first-order valence-electron chi connectivity index (χ1n) is 5.88. The molecule has 0 saturated carbocycles. The molecule has 0 amide bonds. The average Bonchev–Trinajstić information content (AvgIpc) is 2.39. The first-order chi connectivity index (χ1) is 9.71. The first-order valence-corrected chi connectivity index (χ1v) is 7.29. The summed E-state index contributed by atoms with van der Waals surface area (Å²) in [6.07, 6.45) is 0. The number of rotatable bonds is 2. The molecule has 4 N–H and O–H groups in total. The second-order valence-electron chi connectivity index (χ2n) is 4.23. The molecule has 6 nitrogen and oxygen atoms in total. The lowest BCUT2D eigenvalue weighted by Crippen LogP contribution is -2.41. The molecule has 0 radical (unpaired) electrons. The summed E-state index contributed by atoms with van der Waals surface area (Å²) in [6, 6.07) is 12.4. The second kappa shape index (κ2) is 6.98. The van der Waals surface area contributed by atoms with Gasteiger partial charge in [-0.05, 0) is 31.2 Å². The van der Waals surface area contributed by atoms with Gasteiger partial charge in [0, 0.05) is 0 Å². The van der Waals surface area contributed by atoms with Crippen LogP contribution in [0.1, 0.15) is 15.9 Å². The van der Waals surface area contributed by atoms with Crippen LogP contribution in [0.3, 0.4) is 0 Å². The van der Waals surface area contributed by atoms with Gasteiger partial charge in [-0.2, -0.15) is 0 Å². The summed E-state index contributed by atoms with van der Waals surface area (Å²) < 4.78 is 31.2. The Labute approximate surface area is 122 Å². The molecule has 0 unspecified atom stereocenters. The molecular weight excluding hydrogens is 294 g/mol. The number of carbonyl (C=O) groups is 1. The predicted octanol–water partition coefficient (Wildman–Crippen LogP) is 1.16. The molecule has 0 aliphatic rings. The fraction of sp³-hybridized carbons (Fsp3) is 0.0714. The van der Waals surface area contributed by atoms with E-state index < -0.39 is 16.1 Å². The fourth-order valence-corrected chi connectivity index (χ4v) is 1.90. The zero-order valence-corrected chi connectivity index (χ0v) is 12.1. The minimum Gasteiger partial charge on any atom is -0.744 e. The van der Waals surface area contributed by atoms with Crippen LogP contribution in [0.15, 0.2) is 53.4 Å². The Balaban J connectivity index is 0.000000211. The number of hydrogen-bond donors (Lipinski definition) is 2. The van der Waals surface area contributed by atoms with E-state index >= 15 is 0 Å². The molecule has 0 saturated heterocycles. The van der Waals surface area contributed by atoms with E-state index in [1.807, 2.05) is 6.92 Å². The molecule has 7 heteroatoms. The van der Waals surface area contributed by atoms with Crippen molar-refractivity contribution in [3.8, 4) is 0 Å². The Bertz CT molecular complexity index is 723. The molecule has 0 fully saturated rings. The van der Waals surface area contributed by atoms with Crippen molar-refractivity contribution >= 4 is 21.8 Å². The number of aromatic carboxylic acids is 1. The molecule has 0 aliphatic heterocycles. The van der Waals surface area contributed by atoms with E-state index in [1.54, 1.807) is 30.3 Å². The number of quaternary nitrogens is 1. The summed E-state index contributed by atoms with van der Waals surface area (Å²) in [5.41, 5.74) is 5.31. The smallest absolute Gasteiger partial charge is 0.341 e. The van der Waals surface area contributed by atoms with Gasteiger partial charge in [-0.25, -0.2) is 13.2 Å². The summed E-state index contributed by atoms with van der Waals surface area (Å²) in [7, 11) is -4.27. The molecule has 0 spiro atoms. The van der Waals surface area contributed by atoms with Crippen molar-refractivity contribution in [1.82, 2.24) is 0 Å². The Morgan fingerprint density at radius 3 is 2.00 bits per heavy atom. The monoisotopic (exact) mass is 309 g/mol. The number of benzene rings is 2. The van der Waals surface area contributed by atoms with Gasteiger partial charge in [-0.3, -0.25) is 0 Å². The third kappa shape index (κ3) is 5.35. The van der Waals surface area contributed by atoms with E-state index in [9.17, 15) is 17.8 Å². The Kier molecular flexibility index (Phi) is 5.60. The number of aryl methyl sites for hydroxylation is 1. The zero-order valence-electron chi connectivity index (χ0n) is 11.3. The maximum atomic E-state index is 10.4. The summed E-state index contributed by atoms with van der Waals surface area (Å²) in [4.78, 5) is 10.2. The predicted molar refractivity (Wildman–Crippen MR) is 75.1 cm³/mol. The van der Waals surface area contributed by atoms with Crippen molar-refractivity contribution in [1.29, 1.82) is 0 Å². The van der Waals surface area contributed by atoms with E-state index in [1.165, 1.54) is 18.2 Å². The minimum atomic E-state index is -4.27. The molecule has 0 atom stereocenters. The normalized spacial score (nSPS) is 10.4. The fourth-order valence-electron chi connectivity index (χ4n) is 1.43. The summed E-state index contributed by atoms with van der Waals surface area (Å²) >= 11 is 0. The highest BCUT2D eigenvalue weighted by molar-refractivity contribution is 7.85. The van der Waals surface area contributed by atoms with Gasteiger partial charge < -0.3 is 15.4 Å². The number of carboxylic acid groups (broad SMARTS) is 1. The molecule has 0 bridgehead atoms. The van der Waals surface area contributed by atoms with E-state index in [2.05, 4.69) is 5.73 Å². The zero-order chi connectivity index (χ0) is 16.0. The minimum absolute atomic E-state index is 0.178. The summed E-state index contributed by atoms with van der Waals surface area (Å²) in [5.74, 6) is -0.925. The number of carboxylic acids is 1. The maximum absolute atomic E-state index is 10.4. The molecular formula is C14H15NO5S. The van der Waals surface area contributed by atoms with Gasteiger partial charge in [0.25, 0.3) is 0 Å². The van der Waals surface area contributed by atoms with E-state index in [4.69, 9.17) is 5.11 Å². The van der Waals surface area contributed by atoms with Gasteiger partial charge >= 0.3 is 5.97 Å². The highest BCUT2D eigenvalue weighted by Gasteiger charge is 2.07. The van der Waals surface area contributed by atoms with Crippen molar-refractivity contribution in [2.24, 2.45) is 0 Å². The van der Waals surface area contributed by atoms with Gasteiger partial charge in [0.1, 0.15) is 21.4 Å². The third-order valence-corrected chi connectivity index (χ3v) is 3.41. The lowest BCUT2D eigenvalue weighted by Gasteiger charge is -2.05. The van der Waals surface area contributed by atoms with Crippen LogP contribution in [-0.4, -0.2) is 24.0 Å². The van der Waals surface area contributed by atoms with Crippen LogP contribution < -0.4 is 5.73 Å². The summed E-state index contributed by atoms with van der Waals surface area (Å²) in [5, 5.41) is 8.53. The topological polar surface area (TPSA) is 122 Å². The molecule has 0 heterocycles. The molecule has 2 aromatic carbocycles. The highest BCUT2D eigenvalue weighted by atomic mass is 32.2. The van der Waals surface area contributed by atoms with Gasteiger partial charge in [-0.1, -0.05) is 29.8 Å².